The highest BCUT2D eigenvalue weighted by atomic mass is 16.2. The third-order valence-electron chi connectivity index (χ3n) is 3.89. The SMILES string of the molecule is Cc1ccc(C#CCCO)c(C(=O)NCC(C)C2CC2)c1. The van der Waals surface area contributed by atoms with E-state index in [4.69, 9.17) is 5.11 Å². The number of amides is 1. The molecule has 112 valence electrons. The van der Waals surface area contributed by atoms with E-state index >= 15 is 0 Å². The Morgan fingerprint density at radius 3 is 2.90 bits per heavy atom. The fourth-order valence-electron chi connectivity index (χ4n) is 2.35. The Balaban J connectivity index is 2.07. The van der Waals surface area contributed by atoms with Gasteiger partial charge in [-0.05, 0) is 43.7 Å². The molecule has 1 aliphatic rings. The molecule has 1 aromatic carbocycles. The maximum absolute atomic E-state index is 12.4. The first-order chi connectivity index (χ1) is 10.1. The minimum Gasteiger partial charge on any atom is -0.395 e. The van der Waals surface area contributed by atoms with Gasteiger partial charge in [0, 0.05) is 18.5 Å². The predicted octanol–water partition coefficient (Wildman–Crippen LogP) is 2.50. The molecule has 1 amide bonds. The van der Waals surface area contributed by atoms with Crippen molar-refractivity contribution in [2.75, 3.05) is 13.2 Å². The van der Waals surface area contributed by atoms with E-state index in [0.29, 0.717) is 17.9 Å². The van der Waals surface area contributed by atoms with Gasteiger partial charge < -0.3 is 10.4 Å². The van der Waals surface area contributed by atoms with Gasteiger partial charge in [-0.15, -0.1) is 0 Å². The van der Waals surface area contributed by atoms with E-state index in [2.05, 4.69) is 24.1 Å². The van der Waals surface area contributed by atoms with Crippen LogP contribution in [0.3, 0.4) is 0 Å². The second-order valence-corrected chi connectivity index (χ2v) is 5.85. The Bertz CT molecular complexity index is 564. The van der Waals surface area contributed by atoms with Crippen molar-refractivity contribution in [3.05, 3.63) is 34.9 Å². The van der Waals surface area contributed by atoms with Crippen molar-refractivity contribution < 1.29 is 9.90 Å². The number of rotatable bonds is 5. The number of aliphatic hydroxyl groups is 1. The molecule has 0 bridgehead atoms. The van der Waals surface area contributed by atoms with Crippen LogP contribution in [0, 0.1) is 30.6 Å². The molecular formula is C18H23NO2. The Hall–Kier alpha value is -1.79. The molecule has 1 saturated carbocycles. The Labute approximate surface area is 126 Å². The summed E-state index contributed by atoms with van der Waals surface area (Å²) in [6.45, 7) is 4.92. The number of aryl methyl sites for hydroxylation is 1. The molecule has 2 rings (SSSR count). The van der Waals surface area contributed by atoms with Crippen LogP contribution in [-0.4, -0.2) is 24.2 Å². The van der Waals surface area contributed by atoms with Crippen molar-refractivity contribution in [3.63, 3.8) is 0 Å². The summed E-state index contributed by atoms with van der Waals surface area (Å²) in [6, 6.07) is 5.70. The van der Waals surface area contributed by atoms with Crippen LogP contribution in [0.25, 0.3) is 0 Å². The molecule has 0 aliphatic heterocycles. The van der Waals surface area contributed by atoms with Gasteiger partial charge in [-0.25, -0.2) is 0 Å². The molecule has 0 spiro atoms. The summed E-state index contributed by atoms with van der Waals surface area (Å²) in [5, 5.41) is 11.8. The number of hydrogen-bond donors (Lipinski definition) is 2. The van der Waals surface area contributed by atoms with E-state index in [1.54, 1.807) is 0 Å². The van der Waals surface area contributed by atoms with Crippen LogP contribution in [0.2, 0.25) is 0 Å². The lowest BCUT2D eigenvalue weighted by Gasteiger charge is -2.12. The van der Waals surface area contributed by atoms with Crippen molar-refractivity contribution in [1.29, 1.82) is 0 Å². The number of nitrogens with one attached hydrogen (secondary N) is 1. The highest BCUT2D eigenvalue weighted by Crippen LogP contribution is 2.36. The molecule has 1 atom stereocenters. The van der Waals surface area contributed by atoms with E-state index in [-0.39, 0.29) is 12.5 Å². The number of carbonyl (C=O) groups is 1. The Kier molecular flexibility index (Phi) is 5.41. The molecule has 0 saturated heterocycles. The molecule has 3 heteroatoms. The molecule has 21 heavy (non-hydrogen) atoms. The fraction of sp³-hybridized carbons (Fsp3) is 0.500. The first-order valence-electron chi connectivity index (χ1n) is 7.60. The predicted molar refractivity (Wildman–Crippen MR) is 84.0 cm³/mol. The molecule has 1 aliphatic carbocycles. The van der Waals surface area contributed by atoms with E-state index in [0.717, 1.165) is 23.6 Å². The molecule has 2 N–H and O–H groups in total. The van der Waals surface area contributed by atoms with Gasteiger partial charge in [-0.1, -0.05) is 30.4 Å². The maximum atomic E-state index is 12.4. The molecule has 0 heterocycles. The lowest BCUT2D eigenvalue weighted by molar-refractivity contribution is 0.0946. The summed E-state index contributed by atoms with van der Waals surface area (Å²) in [6.07, 6.45) is 3.01. The number of benzene rings is 1. The largest absolute Gasteiger partial charge is 0.395 e. The summed E-state index contributed by atoms with van der Waals surface area (Å²) in [7, 11) is 0. The maximum Gasteiger partial charge on any atom is 0.252 e. The van der Waals surface area contributed by atoms with Gasteiger partial charge in [0.15, 0.2) is 0 Å². The van der Waals surface area contributed by atoms with Gasteiger partial charge >= 0.3 is 0 Å². The third kappa shape index (κ3) is 4.61. The second kappa shape index (κ2) is 7.28. The molecule has 1 fully saturated rings. The lowest BCUT2D eigenvalue weighted by atomic mass is 10.0. The molecular weight excluding hydrogens is 262 g/mol. The molecule has 0 radical (unpaired) electrons. The first kappa shape index (κ1) is 15.6. The Morgan fingerprint density at radius 2 is 2.24 bits per heavy atom. The van der Waals surface area contributed by atoms with Crippen molar-refractivity contribution in [2.45, 2.75) is 33.1 Å². The minimum atomic E-state index is -0.0560. The zero-order chi connectivity index (χ0) is 15.2. The normalized spacial score (nSPS) is 15.0. The number of aliphatic hydroxyl groups excluding tert-OH is 1. The van der Waals surface area contributed by atoms with Crippen LogP contribution >= 0.6 is 0 Å². The molecule has 1 aromatic rings. The van der Waals surface area contributed by atoms with E-state index in [1.807, 2.05) is 25.1 Å². The molecule has 0 aromatic heterocycles. The van der Waals surface area contributed by atoms with Gasteiger partial charge in [0.2, 0.25) is 0 Å². The molecule has 1 unspecified atom stereocenters. The van der Waals surface area contributed by atoms with Crippen LogP contribution in [0.1, 0.15) is 47.7 Å². The topological polar surface area (TPSA) is 49.3 Å². The zero-order valence-corrected chi connectivity index (χ0v) is 12.8. The number of carbonyl (C=O) groups excluding carboxylic acids is 1. The second-order valence-electron chi connectivity index (χ2n) is 5.85. The summed E-state index contributed by atoms with van der Waals surface area (Å²) in [4.78, 5) is 12.4. The highest BCUT2D eigenvalue weighted by Gasteiger charge is 2.28. The lowest BCUT2D eigenvalue weighted by Crippen LogP contribution is -2.29. The highest BCUT2D eigenvalue weighted by molar-refractivity contribution is 5.96. The van der Waals surface area contributed by atoms with Gasteiger partial charge in [0.1, 0.15) is 0 Å². The van der Waals surface area contributed by atoms with Crippen LogP contribution < -0.4 is 5.32 Å². The van der Waals surface area contributed by atoms with E-state index in [9.17, 15) is 4.79 Å². The number of hydrogen-bond acceptors (Lipinski definition) is 2. The zero-order valence-electron chi connectivity index (χ0n) is 12.8. The van der Waals surface area contributed by atoms with Crippen LogP contribution in [-0.2, 0) is 0 Å². The van der Waals surface area contributed by atoms with E-state index in [1.165, 1.54) is 12.8 Å². The quantitative estimate of drug-likeness (QED) is 0.817. The van der Waals surface area contributed by atoms with Crippen molar-refractivity contribution in [2.24, 2.45) is 11.8 Å². The van der Waals surface area contributed by atoms with E-state index < -0.39 is 0 Å². The van der Waals surface area contributed by atoms with Gasteiger partial charge in [-0.2, -0.15) is 0 Å². The van der Waals surface area contributed by atoms with Gasteiger partial charge in [-0.3, -0.25) is 4.79 Å². The summed E-state index contributed by atoms with van der Waals surface area (Å²) < 4.78 is 0. The average molecular weight is 285 g/mol. The third-order valence-corrected chi connectivity index (χ3v) is 3.89. The van der Waals surface area contributed by atoms with Crippen LogP contribution in [0.4, 0.5) is 0 Å². The average Bonchev–Trinajstić information content (AvgIpc) is 3.30. The van der Waals surface area contributed by atoms with Crippen molar-refractivity contribution in [1.82, 2.24) is 5.32 Å². The van der Waals surface area contributed by atoms with Gasteiger partial charge in [0.25, 0.3) is 5.91 Å². The van der Waals surface area contributed by atoms with Crippen molar-refractivity contribution >= 4 is 5.91 Å². The smallest absolute Gasteiger partial charge is 0.252 e. The minimum absolute atomic E-state index is 0.0410. The standard InChI is InChI=1S/C18H23NO2/c1-13-6-7-16(5-3-4-10-20)17(11-13)18(21)19-12-14(2)15-8-9-15/h6-7,11,14-15,20H,4,8-10,12H2,1-2H3,(H,19,21). The fourth-order valence-corrected chi connectivity index (χ4v) is 2.35. The van der Waals surface area contributed by atoms with Crippen molar-refractivity contribution in [3.8, 4) is 11.8 Å². The monoisotopic (exact) mass is 285 g/mol. The summed E-state index contributed by atoms with van der Waals surface area (Å²) in [5.41, 5.74) is 2.40. The summed E-state index contributed by atoms with van der Waals surface area (Å²) >= 11 is 0. The first-order valence-corrected chi connectivity index (χ1v) is 7.60. The van der Waals surface area contributed by atoms with Gasteiger partial charge in [0.05, 0.1) is 12.2 Å². The molecule has 3 nitrogen and oxygen atoms in total. The summed E-state index contributed by atoms with van der Waals surface area (Å²) in [5.74, 6) is 7.13. The van der Waals surface area contributed by atoms with Crippen LogP contribution in [0.5, 0.6) is 0 Å². The Morgan fingerprint density at radius 1 is 1.48 bits per heavy atom. The van der Waals surface area contributed by atoms with Crippen LogP contribution in [0.15, 0.2) is 18.2 Å².